The van der Waals surface area contributed by atoms with E-state index in [9.17, 15) is 9.18 Å². The van der Waals surface area contributed by atoms with E-state index in [-0.39, 0.29) is 11.7 Å². The second-order valence-corrected chi connectivity index (χ2v) is 5.05. The second kappa shape index (κ2) is 6.39. The molecule has 0 atom stereocenters. The number of benzene rings is 2. The Morgan fingerprint density at radius 2 is 1.78 bits per heavy atom. The predicted molar refractivity (Wildman–Crippen MR) is 82.6 cm³/mol. The van der Waals surface area contributed by atoms with Gasteiger partial charge in [-0.15, -0.1) is 10.2 Å². The van der Waals surface area contributed by atoms with E-state index >= 15 is 0 Å². The van der Waals surface area contributed by atoms with Gasteiger partial charge >= 0.3 is 0 Å². The van der Waals surface area contributed by atoms with Crippen molar-refractivity contribution < 1.29 is 13.6 Å². The molecule has 0 aliphatic heterocycles. The van der Waals surface area contributed by atoms with Crippen molar-refractivity contribution in [1.82, 2.24) is 10.2 Å². The number of nitrogens with one attached hydrogen (secondary N) is 1. The molecule has 0 saturated heterocycles. The SMILES string of the molecule is Cc1nnc(Cc2ccc(NC(=O)c3ccc(F)cc3)cc2)o1. The lowest BCUT2D eigenvalue weighted by Gasteiger charge is -2.06. The van der Waals surface area contributed by atoms with Crippen molar-refractivity contribution in [2.24, 2.45) is 0 Å². The average molecular weight is 311 g/mol. The van der Waals surface area contributed by atoms with Crippen molar-refractivity contribution in [3.8, 4) is 0 Å². The minimum atomic E-state index is -0.373. The molecule has 0 aliphatic carbocycles. The first-order chi connectivity index (χ1) is 11.1. The minimum absolute atomic E-state index is 0.287. The van der Waals surface area contributed by atoms with Crippen LogP contribution in [0.25, 0.3) is 0 Å². The third-order valence-corrected chi connectivity index (χ3v) is 3.24. The molecular formula is C17H14FN3O2. The number of amides is 1. The summed E-state index contributed by atoms with van der Waals surface area (Å²) in [5, 5.41) is 10.5. The molecule has 3 aromatic rings. The molecular weight excluding hydrogens is 297 g/mol. The smallest absolute Gasteiger partial charge is 0.255 e. The number of aryl methyl sites for hydroxylation is 1. The summed E-state index contributed by atoms with van der Waals surface area (Å²) in [5.74, 6) is 0.418. The Kier molecular flexibility index (Phi) is 4.14. The predicted octanol–water partition coefficient (Wildman–Crippen LogP) is 3.36. The van der Waals surface area contributed by atoms with E-state index in [1.165, 1.54) is 24.3 Å². The van der Waals surface area contributed by atoms with Crippen LogP contribution in [0.15, 0.2) is 52.9 Å². The lowest BCUT2D eigenvalue weighted by Crippen LogP contribution is -2.11. The maximum atomic E-state index is 12.9. The van der Waals surface area contributed by atoms with Crippen LogP contribution >= 0.6 is 0 Å². The van der Waals surface area contributed by atoms with Gasteiger partial charge in [0.25, 0.3) is 5.91 Å². The van der Waals surface area contributed by atoms with Crippen LogP contribution in [-0.4, -0.2) is 16.1 Å². The van der Waals surface area contributed by atoms with Crippen LogP contribution in [0.4, 0.5) is 10.1 Å². The summed E-state index contributed by atoms with van der Waals surface area (Å²) in [6, 6.07) is 12.7. The molecule has 1 amide bonds. The fourth-order valence-corrected chi connectivity index (χ4v) is 2.09. The van der Waals surface area contributed by atoms with Gasteiger partial charge in [-0.25, -0.2) is 4.39 Å². The van der Waals surface area contributed by atoms with E-state index < -0.39 is 0 Å². The highest BCUT2D eigenvalue weighted by Gasteiger charge is 2.07. The molecule has 2 aromatic carbocycles. The van der Waals surface area contributed by atoms with Crippen molar-refractivity contribution in [3.63, 3.8) is 0 Å². The van der Waals surface area contributed by atoms with E-state index in [4.69, 9.17) is 4.42 Å². The van der Waals surface area contributed by atoms with Gasteiger partial charge in [0.1, 0.15) is 5.82 Å². The molecule has 0 fully saturated rings. The number of carbonyl (C=O) groups is 1. The number of halogens is 1. The topological polar surface area (TPSA) is 68.0 Å². The van der Waals surface area contributed by atoms with Gasteiger partial charge < -0.3 is 9.73 Å². The first-order valence-electron chi connectivity index (χ1n) is 7.05. The van der Waals surface area contributed by atoms with E-state index in [2.05, 4.69) is 15.5 Å². The summed E-state index contributed by atoms with van der Waals surface area (Å²) in [4.78, 5) is 12.0. The average Bonchev–Trinajstić information content (AvgIpc) is 2.95. The fraction of sp³-hybridized carbons (Fsp3) is 0.118. The molecule has 1 N–H and O–H groups in total. The van der Waals surface area contributed by atoms with Crippen molar-refractivity contribution in [2.75, 3.05) is 5.32 Å². The zero-order valence-electron chi connectivity index (χ0n) is 12.4. The van der Waals surface area contributed by atoms with Gasteiger partial charge in [-0.3, -0.25) is 4.79 Å². The van der Waals surface area contributed by atoms with Crippen LogP contribution in [0.2, 0.25) is 0 Å². The van der Waals surface area contributed by atoms with E-state index in [0.717, 1.165) is 5.56 Å². The summed E-state index contributed by atoms with van der Waals surface area (Å²) in [6.45, 7) is 1.74. The molecule has 116 valence electrons. The first kappa shape index (κ1) is 14.9. The zero-order valence-corrected chi connectivity index (χ0v) is 12.4. The van der Waals surface area contributed by atoms with E-state index in [1.54, 1.807) is 19.1 Å². The summed E-state index contributed by atoms with van der Waals surface area (Å²) in [7, 11) is 0. The molecule has 0 radical (unpaired) electrons. The standard InChI is InChI=1S/C17H14FN3O2/c1-11-20-21-16(23-11)10-12-2-8-15(9-3-12)19-17(22)13-4-6-14(18)7-5-13/h2-9H,10H2,1H3,(H,19,22). The van der Waals surface area contributed by atoms with Crippen LogP contribution in [0, 0.1) is 12.7 Å². The number of nitrogens with zero attached hydrogens (tertiary/aromatic N) is 2. The minimum Gasteiger partial charge on any atom is -0.425 e. The molecule has 0 saturated carbocycles. The summed E-state index contributed by atoms with van der Waals surface area (Å²) in [6.07, 6.45) is 0.535. The Morgan fingerprint density at radius 1 is 1.09 bits per heavy atom. The molecule has 5 nitrogen and oxygen atoms in total. The number of hydrogen-bond donors (Lipinski definition) is 1. The van der Waals surface area contributed by atoms with Gasteiger partial charge in [-0.05, 0) is 42.0 Å². The fourth-order valence-electron chi connectivity index (χ4n) is 2.09. The Hall–Kier alpha value is -3.02. The Labute approximate surface area is 132 Å². The Bertz CT molecular complexity index is 811. The highest BCUT2D eigenvalue weighted by Crippen LogP contribution is 2.14. The molecule has 0 unspecified atom stereocenters. The van der Waals surface area contributed by atoms with Crippen LogP contribution in [0.3, 0.4) is 0 Å². The molecule has 3 rings (SSSR count). The first-order valence-corrected chi connectivity index (χ1v) is 7.05. The summed E-state index contributed by atoms with van der Waals surface area (Å²) in [5.41, 5.74) is 2.05. The van der Waals surface area contributed by atoms with Gasteiger partial charge in [0.2, 0.25) is 11.8 Å². The maximum absolute atomic E-state index is 12.9. The van der Waals surface area contributed by atoms with Crippen LogP contribution in [-0.2, 0) is 6.42 Å². The molecule has 23 heavy (non-hydrogen) atoms. The number of rotatable bonds is 4. The molecule has 1 heterocycles. The van der Waals surface area contributed by atoms with Gasteiger partial charge in [0, 0.05) is 18.2 Å². The van der Waals surface area contributed by atoms with Crippen LogP contribution in [0.5, 0.6) is 0 Å². The van der Waals surface area contributed by atoms with E-state index in [0.29, 0.717) is 29.5 Å². The molecule has 6 heteroatoms. The molecule has 1 aromatic heterocycles. The third kappa shape index (κ3) is 3.79. The molecule has 0 bridgehead atoms. The summed E-state index contributed by atoms with van der Waals surface area (Å²) < 4.78 is 18.2. The Morgan fingerprint density at radius 3 is 2.39 bits per heavy atom. The van der Waals surface area contributed by atoms with Crippen molar-refractivity contribution in [3.05, 3.63) is 77.3 Å². The van der Waals surface area contributed by atoms with Crippen LogP contribution < -0.4 is 5.32 Å². The van der Waals surface area contributed by atoms with Gasteiger partial charge in [-0.2, -0.15) is 0 Å². The van der Waals surface area contributed by atoms with Gasteiger partial charge in [-0.1, -0.05) is 12.1 Å². The number of aromatic nitrogens is 2. The number of hydrogen-bond acceptors (Lipinski definition) is 4. The number of carbonyl (C=O) groups excluding carboxylic acids is 1. The highest BCUT2D eigenvalue weighted by atomic mass is 19.1. The number of anilines is 1. The third-order valence-electron chi connectivity index (χ3n) is 3.24. The van der Waals surface area contributed by atoms with Gasteiger partial charge in [0.05, 0.1) is 6.42 Å². The lowest BCUT2D eigenvalue weighted by molar-refractivity contribution is 0.102. The van der Waals surface area contributed by atoms with Crippen molar-refractivity contribution >= 4 is 11.6 Å². The lowest BCUT2D eigenvalue weighted by atomic mass is 10.1. The van der Waals surface area contributed by atoms with Crippen LogP contribution in [0.1, 0.15) is 27.7 Å². The maximum Gasteiger partial charge on any atom is 0.255 e. The Balaban J connectivity index is 1.65. The normalized spacial score (nSPS) is 10.5. The molecule has 0 spiro atoms. The monoisotopic (exact) mass is 311 g/mol. The largest absolute Gasteiger partial charge is 0.425 e. The van der Waals surface area contributed by atoms with Crippen molar-refractivity contribution in [1.29, 1.82) is 0 Å². The second-order valence-electron chi connectivity index (χ2n) is 5.05. The molecule has 0 aliphatic rings. The zero-order chi connectivity index (χ0) is 16.2. The summed E-state index contributed by atoms with van der Waals surface area (Å²) >= 11 is 0. The van der Waals surface area contributed by atoms with Gasteiger partial charge in [0.15, 0.2) is 0 Å². The van der Waals surface area contributed by atoms with E-state index in [1.807, 2.05) is 12.1 Å². The van der Waals surface area contributed by atoms with Crippen molar-refractivity contribution in [2.45, 2.75) is 13.3 Å². The quantitative estimate of drug-likeness (QED) is 0.802. The highest BCUT2D eigenvalue weighted by molar-refractivity contribution is 6.04.